The van der Waals surface area contributed by atoms with Crippen LogP contribution in [-0.2, 0) is 0 Å². The number of phenolic OH excluding ortho intramolecular Hbond substituents is 1. The van der Waals surface area contributed by atoms with Crippen LogP contribution in [0.1, 0.15) is 28.9 Å². The number of hydrogen-bond acceptors (Lipinski definition) is 4. The third-order valence-electron chi connectivity index (χ3n) is 4.45. The Morgan fingerprint density at radius 2 is 1.93 bits per heavy atom. The zero-order valence-corrected chi connectivity index (χ0v) is 16.1. The predicted octanol–water partition coefficient (Wildman–Crippen LogP) is 4.80. The first kappa shape index (κ1) is 18.0. The highest BCUT2D eigenvalue weighted by Crippen LogP contribution is 2.28. The molecule has 2 aromatic heterocycles. The fraction of sp³-hybridized carbons (Fsp3) is 0.0909. The molecule has 4 aromatic rings. The van der Waals surface area contributed by atoms with Gasteiger partial charge in [0, 0.05) is 6.20 Å². The molecule has 0 spiro atoms. The lowest BCUT2D eigenvalue weighted by Gasteiger charge is -2.14. The largest absolute Gasteiger partial charge is 0.508 e. The van der Waals surface area contributed by atoms with E-state index in [1.807, 2.05) is 60.8 Å². The van der Waals surface area contributed by atoms with Crippen LogP contribution < -0.4 is 5.32 Å². The number of hydrogen-bond donors (Lipinski definition) is 2. The standard InChI is InChI=1S/C22H19N3O2S/c1-15(16-7-5-10-18(26)13-16)23-22(27)19-14-25(17-8-3-2-4-9-17)24-21(19)20-11-6-12-28-20/h2-15,26H,1H3,(H,23,27). The van der Waals surface area contributed by atoms with Crippen molar-refractivity contribution in [1.29, 1.82) is 0 Å². The number of phenols is 1. The van der Waals surface area contributed by atoms with Gasteiger partial charge in [-0.25, -0.2) is 4.68 Å². The summed E-state index contributed by atoms with van der Waals surface area (Å²) in [7, 11) is 0. The van der Waals surface area contributed by atoms with Crippen molar-refractivity contribution in [3.05, 3.63) is 89.4 Å². The molecule has 0 bridgehead atoms. The molecule has 1 amide bonds. The van der Waals surface area contributed by atoms with Gasteiger partial charge in [0.25, 0.3) is 5.91 Å². The fourth-order valence-electron chi connectivity index (χ4n) is 3.00. The summed E-state index contributed by atoms with van der Waals surface area (Å²) in [5, 5.41) is 19.3. The molecular weight excluding hydrogens is 370 g/mol. The van der Waals surface area contributed by atoms with Gasteiger partial charge in [0.1, 0.15) is 11.4 Å². The minimum atomic E-state index is -0.254. The molecule has 0 aliphatic rings. The van der Waals surface area contributed by atoms with Gasteiger partial charge in [0.05, 0.1) is 22.2 Å². The Morgan fingerprint density at radius 1 is 1.11 bits per heavy atom. The molecule has 6 heteroatoms. The average Bonchev–Trinajstić information content (AvgIpc) is 3.38. The number of rotatable bonds is 5. The van der Waals surface area contributed by atoms with E-state index in [-0.39, 0.29) is 17.7 Å². The Morgan fingerprint density at radius 3 is 2.64 bits per heavy atom. The van der Waals surface area contributed by atoms with Gasteiger partial charge in [-0.15, -0.1) is 11.3 Å². The number of carbonyl (C=O) groups excluding carboxylic acids is 1. The number of amides is 1. The second kappa shape index (κ2) is 7.70. The smallest absolute Gasteiger partial charge is 0.255 e. The second-order valence-corrected chi connectivity index (χ2v) is 7.39. The van der Waals surface area contributed by atoms with Crippen molar-refractivity contribution in [2.24, 2.45) is 0 Å². The Kier molecular flexibility index (Phi) is 4.95. The molecule has 0 radical (unpaired) electrons. The van der Waals surface area contributed by atoms with Crippen molar-refractivity contribution in [1.82, 2.24) is 15.1 Å². The molecule has 1 atom stereocenters. The second-order valence-electron chi connectivity index (χ2n) is 6.44. The van der Waals surface area contributed by atoms with Crippen molar-refractivity contribution in [2.45, 2.75) is 13.0 Å². The molecule has 0 saturated carbocycles. The quantitative estimate of drug-likeness (QED) is 0.515. The van der Waals surface area contributed by atoms with E-state index in [0.29, 0.717) is 11.3 Å². The first-order valence-electron chi connectivity index (χ1n) is 8.90. The van der Waals surface area contributed by atoms with E-state index in [4.69, 9.17) is 0 Å². The van der Waals surface area contributed by atoms with Gasteiger partial charge in [0.15, 0.2) is 0 Å². The monoisotopic (exact) mass is 389 g/mol. The number of aromatic nitrogens is 2. The van der Waals surface area contributed by atoms with Crippen LogP contribution in [0, 0.1) is 0 Å². The first-order chi connectivity index (χ1) is 13.6. The van der Waals surface area contributed by atoms with E-state index in [1.165, 1.54) is 0 Å². The van der Waals surface area contributed by atoms with E-state index in [0.717, 1.165) is 16.1 Å². The third kappa shape index (κ3) is 3.68. The number of aromatic hydroxyl groups is 1. The molecule has 5 nitrogen and oxygen atoms in total. The Balaban J connectivity index is 1.67. The molecule has 4 rings (SSSR count). The van der Waals surface area contributed by atoms with Gasteiger partial charge < -0.3 is 10.4 Å². The van der Waals surface area contributed by atoms with Crippen molar-refractivity contribution < 1.29 is 9.90 Å². The van der Waals surface area contributed by atoms with Crippen LogP contribution in [0.2, 0.25) is 0 Å². The number of carbonyl (C=O) groups is 1. The molecule has 2 N–H and O–H groups in total. The third-order valence-corrected chi connectivity index (χ3v) is 5.33. The molecular formula is C22H19N3O2S. The van der Waals surface area contributed by atoms with Gasteiger partial charge in [-0.05, 0) is 48.2 Å². The first-order valence-corrected chi connectivity index (χ1v) is 9.78. The number of thiophene rings is 1. The Labute approximate surface area is 166 Å². The number of benzene rings is 2. The van der Waals surface area contributed by atoms with Gasteiger partial charge in [-0.3, -0.25) is 4.79 Å². The minimum absolute atomic E-state index is 0.176. The topological polar surface area (TPSA) is 67.2 Å². The van der Waals surface area contributed by atoms with E-state index < -0.39 is 0 Å². The lowest BCUT2D eigenvalue weighted by molar-refractivity contribution is 0.0940. The summed E-state index contributed by atoms with van der Waals surface area (Å²) in [6.45, 7) is 1.89. The summed E-state index contributed by atoms with van der Waals surface area (Å²) >= 11 is 1.54. The predicted molar refractivity (Wildman–Crippen MR) is 111 cm³/mol. The van der Waals surface area contributed by atoms with E-state index in [2.05, 4.69) is 10.4 Å². The SMILES string of the molecule is CC(NC(=O)c1cn(-c2ccccc2)nc1-c1cccs1)c1cccc(O)c1. The highest BCUT2D eigenvalue weighted by atomic mass is 32.1. The maximum atomic E-state index is 13.1. The van der Waals surface area contributed by atoms with E-state index in [1.54, 1.807) is 40.4 Å². The average molecular weight is 389 g/mol. The summed E-state index contributed by atoms with van der Waals surface area (Å²) in [4.78, 5) is 14.0. The summed E-state index contributed by atoms with van der Waals surface area (Å²) < 4.78 is 1.73. The van der Waals surface area contributed by atoms with E-state index >= 15 is 0 Å². The molecule has 2 aromatic carbocycles. The molecule has 0 aliphatic heterocycles. The maximum absolute atomic E-state index is 13.1. The summed E-state index contributed by atoms with van der Waals surface area (Å²) in [6, 6.07) is 20.2. The lowest BCUT2D eigenvalue weighted by Crippen LogP contribution is -2.26. The Hall–Kier alpha value is -3.38. The summed E-state index contributed by atoms with van der Waals surface area (Å²) in [5.74, 6) is -0.0313. The molecule has 0 aliphatic carbocycles. The maximum Gasteiger partial charge on any atom is 0.255 e. The van der Waals surface area contributed by atoms with Crippen LogP contribution in [-0.4, -0.2) is 20.8 Å². The highest BCUT2D eigenvalue weighted by Gasteiger charge is 2.21. The molecule has 140 valence electrons. The molecule has 28 heavy (non-hydrogen) atoms. The van der Waals surface area contributed by atoms with Crippen LogP contribution >= 0.6 is 11.3 Å². The zero-order valence-electron chi connectivity index (χ0n) is 15.2. The van der Waals surface area contributed by atoms with Crippen molar-refractivity contribution in [3.63, 3.8) is 0 Å². The molecule has 0 fully saturated rings. The number of para-hydroxylation sites is 1. The van der Waals surface area contributed by atoms with Gasteiger partial charge >= 0.3 is 0 Å². The number of nitrogens with zero attached hydrogens (tertiary/aromatic N) is 2. The van der Waals surface area contributed by atoms with E-state index in [9.17, 15) is 9.90 Å². The molecule has 2 heterocycles. The van der Waals surface area contributed by atoms with Crippen LogP contribution in [0.3, 0.4) is 0 Å². The summed E-state index contributed by atoms with van der Waals surface area (Å²) in [5.41, 5.74) is 2.89. The van der Waals surface area contributed by atoms with Crippen LogP contribution in [0.5, 0.6) is 5.75 Å². The summed E-state index contributed by atoms with van der Waals surface area (Å²) in [6.07, 6.45) is 1.76. The minimum Gasteiger partial charge on any atom is -0.508 e. The zero-order chi connectivity index (χ0) is 19.5. The van der Waals surface area contributed by atoms with Crippen molar-refractivity contribution >= 4 is 17.2 Å². The highest BCUT2D eigenvalue weighted by molar-refractivity contribution is 7.13. The van der Waals surface area contributed by atoms with Crippen molar-refractivity contribution in [3.8, 4) is 22.0 Å². The van der Waals surface area contributed by atoms with Crippen LogP contribution in [0.15, 0.2) is 78.3 Å². The number of nitrogens with one attached hydrogen (secondary N) is 1. The lowest BCUT2D eigenvalue weighted by atomic mass is 10.1. The van der Waals surface area contributed by atoms with Crippen molar-refractivity contribution in [2.75, 3.05) is 0 Å². The van der Waals surface area contributed by atoms with Gasteiger partial charge in [0.2, 0.25) is 0 Å². The fourth-order valence-corrected chi connectivity index (χ4v) is 3.72. The van der Waals surface area contributed by atoms with Crippen LogP contribution in [0.25, 0.3) is 16.3 Å². The van der Waals surface area contributed by atoms with Gasteiger partial charge in [-0.1, -0.05) is 36.4 Å². The Bertz CT molecular complexity index is 1090. The van der Waals surface area contributed by atoms with Crippen LogP contribution in [0.4, 0.5) is 0 Å². The molecule has 0 saturated heterocycles. The molecule has 1 unspecified atom stereocenters. The normalized spacial score (nSPS) is 11.9. The van der Waals surface area contributed by atoms with Gasteiger partial charge in [-0.2, -0.15) is 5.10 Å².